The molecule has 1 aliphatic rings. The Bertz CT molecular complexity index is 537. The Kier molecular flexibility index (Phi) is 8.45. The molecule has 1 aromatic carbocycles. The summed E-state index contributed by atoms with van der Waals surface area (Å²) in [5, 5.41) is 0. The second-order valence-corrected chi connectivity index (χ2v) is 5.97. The fourth-order valence-corrected chi connectivity index (χ4v) is 2.86. The molecule has 1 unspecified atom stereocenters. The summed E-state index contributed by atoms with van der Waals surface area (Å²) in [4.78, 5) is 16.2. The summed E-state index contributed by atoms with van der Waals surface area (Å²) in [7, 11) is 1.46. The number of carbonyl (C=O) groups excluding carboxylic acids is 1. The monoisotopic (exact) mass is 359 g/mol. The molecule has 2 N–H and O–H groups in total. The van der Waals surface area contributed by atoms with E-state index in [2.05, 4.69) is 4.90 Å². The molecule has 1 atom stereocenters. The minimum atomic E-state index is -0.387. The van der Waals surface area contributed by atoms with Crippen molar-refractivity contribution in [2.24, 2.45) is 5.73 Å². The molecule has 7 heteroatoms. The topological polar surface area (TPSA) is 58.8 Å². The van der Waals surface area contributed by atoms with Gasteiger partial charge in [-0.25, -0.2) is 4.39 Å². The molecule has 24 heavy (non-hydrogen) atoms. The SMILES string of the molecule is CCCC(N)C(=O)N1CCN(Cc2ccc(OC)c(F)c2)CC1.Cl. The van der Waals surface area contributed by atoms with Gasteiger partial charge in [0, 0.05) is 32.7 Å². The van der Waals surface area contributed by atoms with Gasteiger partial charge in [0.1, 0.15) is 0 Å². The number of nitrogens with two attached hydrogens (primary N) is 1. The van der Waals surface area contributed by atoms with Crippen LogP contribution in [0.3, 0.4) is 0 Å². The zero-order chi connectivity index (χ0) is 16.8. The van der Waals surface area contributed by atoms with Crippen molar-refractivity contribution in [1.82, 2.24) is 9.80 Å². The number of hydrogen-bond acceptors (Lipinski definition) is 4. The molecule has 0 radical (unpaired) electrons. The lowest BCUT2D eigenvalue weighted by molar-refractivity contribution is -0.134. The minimum Gasteiger partial charge on any atom is -0.494 e. The summed E-state index contributed by atoms with van der Waals surface area (Å²) < 4.78 is 18.7. The standard InChI is InChI=1S/C17H26FN3O2.ClH/c1-3-4-15(19)17(22)21-9-7-20(8-10-21)12-13-5-6-16(23-2)14(18)11-13;/h5-6,11,15H,3-4,7-10,12,19H2,1-2H3;1H. The fraction of sp³-hybridized carbons (Fsp3) is 0.588. The molecule has 0 bridgehead atoms. The summed E-state index contributed by atoms with van der Waals surface area (Å²) in [6.45, 7) is 5.60. The smallest absolute Gasteiger partial charge is 0.239 e. The van der Waals surface area contributed by atoms with Gasteiger partial charge >= 0.3 is 0 Å². The van der Waals surface area contributed by atoms with E-state index in [-0.39, 0.29) is 35.9 Å². The minimum absolute atomic E-state index is 0. The third kappa shape index (κ3) is 5.33. The van der Waals surface area contributed by atoms with E-state index in [1.54, 1.807) is 6.07 Å². The average molecular weight is 360 g/mol. The number of carbonyl (C=O) groups is 1. The number of nitrogens with zero attached hydrogens (tertiary/aromatic N) is 2. The van der Waals surface area contributed by atoms with Crippen molar-refractivity contribution in [3.8, 4) is 5.75 Å². The first kappa shape index (κ1) is 20.7. The fourth-order valence-electron chi connectivity index (χ4n) is 2.86. The Labute approximate surface area is 149 Å². The van der Waals surface area contributed by atoms with Crippen molar-refractivity contribution in [1.29, 1.82) is 0 Å². The molecule has 5 nitrogen and oxygen atoms in total. The van der Waals surface area contributed by atoms with Gasteiger partial charge in [0.25, 0.3) is 0 Å². The molecule has 1 fully saturated rings. The van der Waals surface area contributed by atoms with Crippen LogP contribution >= 0.6 is 12.4 Å². The molecule has 1 aliphatic heterocycles. The van der Waals surface area contributed by atoms with Crippen LogP contribution in [-0.4, -0.2) is 55.0 Å². The van der Waals surface area contributed by atoms with Gasteiger partial charge in [0.05, 0.1) is 13.2 Å². The number of halogens is 2. The van der Waals surface area contributed by atoms with Gasteiger partial charge in [-0.05, 0) is 24.1 Å². The van der Waals surface area contributed by atoms with Crippen LogP contribution in [0.1, 0.15) is 25.3 Å². The van der Waals surface area contributed by atoms with Crippen LogP contribution in [0, 0.1) is 5.82 Å². The molecule has 0 aliphatic carbocycles. The first-order valence-electron chi connectivity index (χ1n) is 8.14. The molecular weight excluding hydrogens is 333 g/mol. The van der Waals surface area contributed by atoms with Crippen LogP contribution in [-0.2, 0) is 11.3 Å². The molecule has 0 saturated carbocycles. The van der Waals surface area contributed by atoms with Crippen molar-refractivity contribution >= 4 is 18.3 Å². The van der Waals surface area contributed by atoms with E-state index in [9.17, 15) is 9.18 Å². The van der Waals surface area contributed by atoms with Crippen LogP contribution in [0.2, 0.25) is 0 Å². The number of rotatable bonds is 6. The van der Waals surface area contributed by atoms with E-state index in [1.807, 2.05) is 17.9 Å². The number of ether oxygens (including phenoxy) is 1. The van der Waals surface area contributed by atoms with E-state index in [0.717, 1.165) is 31.5 Å². The summed E-state index contributed by atoms with van der Waals surface area (Å²) in [6.07, 6.45) is 1.64. The van der Waals surface area contributed by atoms with Crippen molar-refractivity contribution in [2.45, 2.75) is 32.4 Å². The third-order valence-corrected chi connectivity index (χ3v) is 4.22. The van der Waals surface area contributed by atoms with Crippen LogP contribution in [0.5, 0.6) is 5.75 Å². The number of piperazine rings is 1. The molecule has 0 aromatic heterocycles. The Hall–Kier alpha value is -1.37. The maximum absolute atomic E-state index is 13.7. The second kappa shape index (κ2) is 9.81. The molecule has 1 heterocycles. The highest BCUT2D eigenvalue weighted by atomic mass is 35.5. The lowest BCUT2D eigenvalue weighted by Crippen LogP contribution is -2.52. The summed E-state index contributed by atoms with van der Waals surface area (Å²) in [5.74, 6) is -0.0413. The maximum Gasteiger partial charge on any atom is 0.239 e. The molecule has 2 rings (SSSR count). The van der Waals surface area contributed by atoms with E-state index in [4.69, 9.17) is 10.5 Å². The van der Waals surface area contributed by atoms with Gasteiger partial charge in [-0.15, -0.1) is 12.4 Å². The largest absolute Gasteiger partial charge is 0.494 e. The van der Waals surface area contributed by atoms with E-state index in [1.165, 1.54) is 13.2 Å². The predicted molar refractivity (Wildman–Crippen MR) is 94.9 cm³/mol. The molecule has 0 spiro atoms. The Morgan fingerprint density at radius 2 is 2.00 bits per heavy atom. The third-order valence-electron chi connectivity index (χ3n) is 4.22. The highest BCUT2D eigenvalue weighted by Gasteiger charge is 2.24. The molecule has 1 amide bonds. The Balaban J connectivity index is 0.00000288. The van der Waals surface area contributed by atoms with Gasteiger partial charge in [0.2, 0.25) is 5.91 Å². The van der Waals surface area contributed by atoms with Crippen LogP contribution in [0.15, 0.2) is 18.2 Å². The second-order valence-electron chi connectivity index (χ2n) is 5.97. The van der Waals surface area contributed by atoms with Crippen LogP contribution in [0.25, 0.3) is 0 Å². The zero-order valence-electron chi connectivity index (χ0n) is 14.3. The van der Waals surface area contributed by atoms with Crippen molar-refractivity contribution in [2.75, 3.05) is 33.3 Å². The van der Waals surface area contributed by atoms with Gasteiger partial charge in [-0.3, -0.25) is 9.69 Å². The maximum atomic E-state index is 13.7. The quantitative estimate of drug-likeness (QED) is 0.844. The van der Waals surface area contributed by atoms with Gasteiger partial charge in [-0.2, -0.15) is 0 Å². The van der Waals surface area contributed by atoms with Crippen molar-refractivity contribution in [3.63, 3.8) is 0 Å². The molecule has 1 aromatic rings. The number of hydrogen-bond donors (Lipinski definition) is 1. The summed E-state index contributed by atoms with van der Waals surface area (Å²) >= 11 is 0. The summed E-state index contributed by atoms with van der Waals surface area (Å²) in [6, 6.07) is 4.64. The lowest BCUT2D eigenvalue weighted by atomic mass is 10.1. The molecular formula is C17H27ClFN3O2. The highest BCUT2D eigenvalue weighted by molar-refractivity contribution is 5.85. The first-order chi connectivity index (χ1) is 11.0. The van der Waals surface area contributed by atoms with E-state index in [0.29, 0.717) is 19.6 Å². The molecule has 136 valence electrons. The lowest BCUT2D eigenvalue weighted by Gasteiger charge is -2.36. The number of benzene rings is 1. The summed E-state index contributed by atoms with van der Waals surface area (Å²) in [5.41, 5.74) is 6.81. The van der Waals surface area contributed by atoms with Gasteiger partial charge in [0.15, 0.2) is 11.6 Å². The van der Waals surface area contributed by atoms with E-state index >= 15 is 0 Å². The zero-order valence-corrected chi connectivity index (χ0v) is 15.2. The first-order valence-corrected chi connectivity index (χ1v) is 8.14. The predicted octanol–water partition coefficient (Wildman–Crippen LogP) is 2.03. The number of amides is 1. The van der Waals surface area contributed by atoms with Gasteiger partial charge in [-0.1, -0.05) is 19.4 Å². The van der Waals surface area contributed by atoms with E-state index < -0.39 is 0 Å². The molecule has 1 saturated heterocycles. The van der Waals surface area contributed by atoms with Crippen LogP contribution < -0.4 is 10.5 Å². The van der Waals surface area contributed by atoms with Crippen LogP contribution in [0.4, 0.5) is 4.39 Å². The average Bonchev–Trinajstić information content (AvgIpc) is 2.55. The van der Waals surface area contributed by atoms with Gasteiger partial charge < -0.3 is 15.4 Å². The Morgan fingerprint density at radius 1 is 1.33 bits per heavy atom. The number of methoxy groups -OCH3 is 1. The van der Waals surface area contributed by atoms with Crippen molar-refractivity contribution in [3.05, 3.63) is 29.6 Å². The van der Waals surface area contributed by atoms with Crippen molar-refractivity contribution < 1.29 is 13.9 Å². The Morgan fingerprint density at radius 3 is 2.54 bits per heavy atom. The normalized spacial score (nSPS) is 16.4. The highest BCUT2D eigenvalue weighted by Crippen LogP contribution is 2.19.